The van der Waals surface area contributed by atoms with E-state index in [-0.39, 0.29) is 30.2 Å². The van der Waals surface area contributed by atoms with Gasteiger partial charge in [0.1, 0.15) is 24.2 Å². The van der Waals surface area contributed by atoms with E-state index in [2.05, 4.69) is 0 Å². The molecule has 6 nitrogen and oxygen atoms in total. The standard InChI is InChI=1S/C22H22F2N2O4/c1-14-22(28)26(18-4-2-3-5-20(18)29-14)13-21(27)25-10-8-16(9-11-25)30-19-7-6-15(23)12-17(19)24/h2-7,12,14,16H,8-11,13H2,1H3. The van der Waals surface area contributed by atoms with Crippen LogP contribution in [0.3, 0.4) is 0 Å². The number of carbonyl (C=O) groups is 2. The number of hydrogen-bond donors (Lipinski definition) is 0. The summed E-state index contributed by atoms with van der Waals surface area (Å²) in [5, 5.41) is 0. The molecular formula is C22H22F2N2O4. The number of anilines is 1. The summed E-state index contributed by atoms with van der Waals surface area (Å²) < 4.78 is 38.0. The summed E-state index contributed by atoms with van der Waals surface area (Å²) in [7, 11) is 0. The van der Waals surface area contributed by atoms with E-state index in [0.29, 0.717) is 37.4 Å². The number of para-hydroxylation sites is 2. The molecule has 0 radical (unpaired) electrons. The van der Waals surface area contributed by atoms with Crippen LogP contribution in [0, 0.1) is 11.6 Å². The van der Waals surface area contributed by atoms with Crippen LogP contribution in [0.15, 0.2) is 42.5 Å². The van der Waals surface area contributed by atoms with E-state index in [9.17, 15) is 18.4 Å². The van der Waals surface area contributed by atoms with Gasteiger partial charge in [-0.15, -0.1) is 0 Å². The first-order chi connectivity index (χ1) is 14.4. The minimum Gasteiger partial charge on any atom is -0.487 e. The molecule has 2 aliphatic rings. The zero-order valence-electron chi connectivity index (χ0n) is 16.5. The summed E-state index contributed by atoms with van der Waals surface area (Å²) in [5.74, 6) is -1.25. The zero-order valence-corrected chi connectivity index (χ0v) is 16.5. The van der Waals surface area contributed by atoms with Crippen molar-refractivity contribution >= 4 is 17.5 Å². The highest BCUT2D eigenvalue weighted by Gasteiger charge is 2.34. The van der Waals surface area contributed by atoms with Crippen LogP contribution in [0.2, 0.25) is 0 Å². The van der Waals surface area contributed by atoms with Gasteiger partial charge in [-0.25, -0.2) is 8.78 Å². The number of halogens is 2. The van der Waals surface area contributed by atoms with E-state index in [1.807, 2.05) is 6.07 Å². The zero-order chi connectivity index (χ0) is 21.3. The number of ether oxygens (including phenoxy) is 2. The monoisotopic (exact) mass is 416 g/mol. The largest absolute Gasteiger partial charge is 0.487 e. The Balaban J connectivity index is 1.36. The number of amides is 2. The summed E-state index contributed by atoms with van der Waals surface area (Å²) >= 11 is 0. The van der Waals surface area contributed by atoms with Gasteiger partial charge in [0.05, 0.1) is 5.69 Å². The summed E-state index contributed by atoms with van der Waals surface area (Å²) in [5.41, 5.74) is 0.582. The fraction of sp³-hybridized carbons (Fsp3) is 0.364. The Morgan fingerprint density at radius 2 is 1.90 bits per heavy atom. The number of benzene rings is 2. The number of carbonyl (C=O) groups excluding carboxylic acids is 2. The van der Waals surface area contributed by atoms with Crippen LogP contribution < -0.4 is 14.4 Å². The van der Waals surface area contributed by atoms with Gasteiger partial charge in [0.15, 0.2) is 17.7 Å². The number of piperidine rings is 1. The van der Waals surface area contributed by atoms with Crippen molar-refractivity contribution in [1.29, 1.82) is 0 Å². The van der Waals surface area contributed by atoms with Gasteiger partial charge < -0.3 is 14.4 Å². The van der Waals surface area contributed by atoms with Crippen molar-refractivity contribution in [1.82, 2.24) is 4.90 Å². The molecule has 30 heavy (non-hydrogen) atoms. The molecule has 1 saturated heterocycles. The molecule has 8 heteroatoms. The average molecular weight is 416 g/mol. The predicted octanol–water partition coefficient (Wildman–Crippen LogP) is 3.15. The molecule has 1 fully saturated rings. The maximum Gasteiger partial charge on any atom is 0.268 e. The first kappa shape index (κ1) is 20.1. The highest BCUT2D eigenvalue weighted by atomic mass is 19.1. The van der Waals surface area contributed by atoms with Gasteiger partial charge in [-0.3, -0.25) is 14.5 Å². The lowest BCUT2D eigenvalue weighted by Crippen LogP contribution is -2.51. The maximum atomic E-state index is 13.8. The molecule has 2 aromatic rings. The fourth-order valence-electron chi connectivity index (χ4n) is 3.73. The van der Waals surface area contributed by atoms with Gasteiger partial charge in [0.2, 0.25) is 5.91 Å². The van der Waals surface area contributed by atoms with Crippen LogP contribution in [-0.4, -0.2) is 48.6 Å². The van der Waals surface area contributed by atoms with Crippen molar-refractivity contribution < 1.29 is 27.8 Å². The highest BCUT2D eigenvalue weighted by Crippen LogP contribution is 2.33. The minimum atomic E-state index is -0.743. The molecule has 0 bridgehead atoms. The first-order valence-corrected chi connectivity index (χ1v) is 9.89. The van der Waals surface area contributed by atoms with Crippen molar-refractivity contribution in [3.63, 3.8) is 0 Å². The molecule has 2 amide bonds. The molecule has 0 saturated carbocycles. The van der Waals surface area contributed by atoms with Crippen LogP contribution in [-0.2, 0) is 9.59 Å². The second-order valence-electron chi connectivity index (χ2n) is 7.42. The Kier molecular flexibility index (Phi) is 5.57. The minimum absolute atomic E-state index is 0.00526. The molecule has 0 aromatic heterocycles. The number of nitrogens with zero attached hydrogens (tertiary/aromatic N) is 2. The number of fused-ring (bicyclic) bond motifs is 1. The average Bonchev–Trinajstić information content (AvgIpc) is 2.74. The summed E-state index contributed by atoms with van der Waals surface area (Å²) in [6.07, 6.45) is 0.122. The van der Waals surface area contributed by atoms with Crippen molar-refractivity contribution in [2.75, 3.05) is 24.5 Å². The van der Waals surface area contributed by atoms with Gasteiger partial charge in [-0.05, 0) is 31.2 Å². The second kappa shape index (κ2) is 8.30. The van der Waals surface area contributed by atoms with E-state index in [1.54, 1.807) is 30.0 Å². The van der Waals surface area contributed by atoms with E-state index in [1.165, 1.54) is 11.0 Å². The Morgan fingerprint density at radius 3 is 2.63 bits per heavy atom. The van der Waals surface area contributed by atoms with Crippen molar-refractivity contribution in [3.05, 3.63) is 54.1 Å². The molecule has 0 aliphatic carbocycles. The van der Waals surface area contributed by atoms with Crippen LogP contribution >= 0.6 is 0 Å². The van der Waals surface area contributed by atoms with Gasteiger partial charge in [-0.2, -0.15) is 0 Å². The molecule has 2 heterocycles. The molecule has 4 rings (SSSR count). The fourth-order valence-corrected chi connectivity index (χ4v) is 3.73. The smallest absolute Gasteiger partial charge is 0.268 e. The van der Waals surface area contributed by atoms with E-state index < -0.39 is 17.7 Å². The number of hydrogen-bond acceptors (Lipinski definition) is 4. The van der Waals surface area contributed by atoms with Gasteiger partial charge in [0.25, 0.3) is 5.91 Å². The molecule has 2 aromatic carbocycles. The summed E-state index contributed by atoms with van der Waals surface area (Å²) in [4.78, 5) is 28.5. The van der Waals surface area contributed by atoms with Gasteiger partial charge in [-0.1, -0.05) is 12.1 Å². The normalized spacial score (nSPS) is 19.3. The van der Waals surface area contributed by atoms with E-state index >= 15 is 0 Å². The van der Waals surface area contributed by atoms with Gasteiger partial charge in [0, 0.05) is 32.0 Å². The predicted molar refractivity (Wildman–Crippen MR) is 105 cm³/mol. The van der Waals surface area contributed by atoms with Crippen molar-refractivity contribution in [2.45, 2.75) is 32.0 Å². The molecule has 0 spiro atoms. The summed E-state index contributed by atoms with van der Waals surface area (Å²) in [6.45, 7) is 2.46. The molecule has 0 N–H and O–H groups in total. The number of likely N-dealkylation sites (tertiary alicyclic amines) is 1. The lowest BCUT2D eigenvalue weighted by atomic mass is 10.1. The lowest BCUT2D eigenvalue weighted by Gasteiger charge is -2.36. The van der Waals surface area contributed by atoms with Crippen LogP contribution in [0.25, 0.3) is 0 Å². The quantitative estimate of drug-likeness (QED) is 0.769. The Labute approximate surface area is 173 Å². The van der Waals surface area contributed by atoms with Gasteiger partial charge >= 0.3 is 0 Å². The first-order valence-electron chi connectivity index (χ1n) is 9.89. The Bertz CT molecular complexity index is 960. The lowest BCUT2D eigenvalue weighted by molar-refractivity contribution is -0.134. The SMILES string of the molecule is CC1Oc2ccccc2N(CC(=O)N2CCC(Oc3ccc(F)cc3F)CC2)C1=O. The highest BCUT2D eigenvalue weighted by molar-refractivity contribution is 6.03. The Hall–Kier alpha value is -3.16. The molecule has 1 atom stereocenters. The van der Waals surface area contributed by atoms with Crippen LogP contribution in [0.4, 0.5) is 14.5 Å². The molecule has 1 unspecified atom stereocenters. The molecule has 158 valence electrons. The van der Waals surface area contributed by atoms with Crippen molar-refractivity contribution in [3.8, 4) is 11.5 Å². The van der Waals surface area contributed by atoms with Crippen LogP contribution in [0.5, 0.6) is 11.5 Å². The third kappa shape index (κ3) is 4.08. The summed E-state index contributed by atoms with van der Waals surface area (Å²) in [6, 6.07) is 10.3. The topological polar surface area (TPSA) is 59.1 Å². The third-order valence-electron chi connectivity index (χ3n) is 5.35. The van der Waals surface area contributed by atoms with E-state index in [0.717, 1.165) is 12.1 Å². The number of rotatable bonds is 4. The second-order valence-corrected chi connectivity index (χ2v) is 7.42. The molecular weight excluding hydrogens is 394 g/mol. The molecule has 2 aliphatic heterocycles. The third-order valence-corrected chi connectivity index (χ3v) is 5.35. The van der Waals surface area contributed by atoms with E-state index in [4.69, 9.17) is 9.47 Å². The maximum absolute atomic E-state index is 13.8. The Morgan fingerprint density at radius 1 is 1.17 bits per heavy atom. The van der Waals surface area contributed by atoms with Crippen molar-refractivity contribution in [2.24, 2.45) is 0 Å². The van der Waals surface area contributed by atoms with Crippen LogP contribution in [0.1, 0.15) is 19.8 Å².